The first-order valence-corrected chi connectivity index (χ1v) is 9.03. The summed E-state index contributed by atoms with van der Waals surface area (Å²) in [6.07, 6.45) is 1.67. The van der Waals surface area contributed by atoms with Crippen LogP contribution >= 0.6 is 0 Å². The van der Waals surface area contributed by atoms with Gasteiger partial charge >= 0.3 is 0 Å². The van der Waals surface area contributed by atoms with Crippen LogP contribution in [0.3, 0.4) is 0 Å². The van der Waals surface area contributed by atoms with Crippen LogP contribution in [0.4, 0.5) is 4.39 Å². The molecule has 0 spiro atoms. The molecule has 0 aliphatic rings. The third-order valence-corrected chi connectivity index (χ3v) is 4.46. The summed E-state index contributed by atoms with van der Waals surface area (Å²) in [5.41, 5.74) is 6.28. The highest BCUT2D eigenvalue weighted by atomic mass is 19.1. The highest BCUT2D eigenvalue weighted by Gasteiger charge is 2.14. The van der Waals surface area contributed by atoms with Gasteiger partial charge in [0.05, 0.1) is 28.2 Å². The fraction of sp³-hybridized carbons (Fsp3) is 0.0435. The minimum absolute atomic E-state index is 0.327. The van der Waals surface area contributed by atoms with E-state index < -0.39 is 0 Å². The van der Waals surface area contributed by atoms with Crippen molar-refractivity contribution in [3.05, 3.63) is 96.1 Å². The lowest BCUT2D eigenvalue weighted by Crippen LogP contribution is -2.20. The minimum Gasteiger partial charge on any atom is -0.267 e. The first-order chi connectivity index (χ1) is 14.1. The molecule has 1 N–H and O–H groups in total. The van der Waals surface area contributed by atoms with E-state index in [9.17, 15) is 9.18 Å². The number of aromatic nitrogens is 2. The zero-order chi connectivity index (χ0) is 20.2. The summed E-state index contributed by atoms with van der Waals surface area (Å²) in [6.45, 7) is 1.78. The van der Waals surface area contributed by atoms with Gasteiger partial charge < -0.3 is 0 Å². The zero-order valence-corrected chi connectivity index (χ0v) is 15.6. The Labute approximate surface area is 167 Å². The quantitative estimate of drug-likeness (QED) is 0.413. The number of carbonyl (C=O) groups is 1. The normalized spacial score (nSPS) is 11.4. The lowest BCUT2D eigenvalue weighted by atomic mass is 10.0. The topological polar surface area (TPSA) is 67.2 Å². The van der Waals surface area contributed by atoms with Gasteiger partial charge in [-0.3, -0.25) is 9.78 Å². The number of para-hydroxylation sites is 1. The maximum absolute atomic E-state index is 13.3. The molecule has 29 heavy (non-hydrogen) atoms. The maximum atomic E-state index is 13.3. The van der Waals surface area contributed by atoms with Crippen molar-refractivity contribution in [2.75, 3.05) is 0 Å². The second kappa shape index (κ2) is 7.98. The molecule has 4 aromatic rings. The molecule has 0 saturated heterocycles. The first-order valence-electron chi connectivity index (χ1n) is 9.03. The van der Waals surface area contributed by atoms with Crippen molar-refractivity contribution in [1.82, 2.24) is 15.4 Å². The summed E-state index contributed by atoms with van der Waals surface area (Å²) in [4.78, 5) is 21.7. The number of hydrogen-bond donors (Lipinski definition) is 1. The molecule has 0 aliphatic carbocycles. The summed E-state index contributed by atoms with van der Waals surface area (Å²) in [5.74, 6) is -0.686. The Kier molecular flexibility index (Phi) is 5.07. The highest BCUT2D eigenvalue weighted by Crippen LogP contribution is 2.25. The smallest absolute Gasteiger partial charge is 0.267 e. The number of rotatable bonds is 4. The largest absolute Gasteiger partial charge is 0.272 e. The number of halogens is 1. The molecule has 0 atom stereocenters. The molecule has 0 saturated carbocycles. The van der Waals surface area contributed by atoms with E-state index in [1.165, 1.54) is 12.1 Å². The summed E-state index contributed by atoms with van der Waals surface area (Å²) >= 11 is 0. The number of fused-ring (bicyclic) bond motifs is 1. The van der Waals surface area contributed by atoms with Gasteiger partial charge in [-0.05, 0) is 55.5 Å². The molecular weight excluding hydrogens is 367 g/mol. The van der Waals surface area contributed by atoms with Gasteiger partial charge in [0.25, 0.3) is 5.91 Å². The molecule has 6 heteroatoms. The number of nitrogens with one attached hydrogen (secondary N) is 1. The summed E-state index contributed by atoms with van der Waals surface area (Å²) in [7, 11) is 0. The van der Waals surface area contributed by atoms with Crippen LogP contribution in [0.15, 0.2) is 84.1 Å². The molecule has 0 radical (unpaired) electrons. The van der Waals surface area contributed by atoms with Crippen molar-refractivity contribution < 1.29 is 9.18 Å². The lowest BCUT2D eigenvalue weighted by Gasteiger charge is -2.09. The van der Waals surface area contributed by atoms with Crippen LogP contribution < -0.4 is 5.43 Å². The van der Waals surface area contributed by atoms with E-state index in [0.29, 0.717) is 33.6 Å². The van der Waals surface area contributed by atoms with Gasteiger partial charge in [-0.1, -0.05) is 24.3 Å². The average Bonchev–Trinajstić information content (AvgIpc) is 2.77. The highest BCUT2D eigenvalue weighted by molar-refractivity contribution is 6.08. The van der Waals surface area contributed by atoms with Crippen LogP contribution in [0.25, 0.3) is 22.2 Å². The second-order valence-electron chi connectivity index (χ2n) is 6.43. The molecule has 4 rings (SSSR count). The molecular formula is C23H17FN4O. The lowest BCUT2D eigenvalue weighted by molar-refractivity contribution is 0.0956. The van der Waals surface area contributed by atoms with Crippen LogP contribution in [0.5, 0.6) is 0 Å². The Morgan fingerprint density at radius 1 is 1.00 bits per heavy atom. The molecule has 5 nitrogen and oxygen atoms in total. The Bertz CT molecular complexity index is 1200. The third kappa shape index (κ3) is 4.01. The van der Waals surface area contributed by atoms with E-state index in [4.69, 9.17) is 0 Å². The number of hydrogen-bond acceptors (Lipinski definition) is 4. The van der Waals surface area contributed by atoms with Gasteiger partial charge in [-0.25, -0.2) is 14.8 Å². The SMILES string of the molecule is C/C(=N/NC(=O)c1cc(-c2ccc(F)cc2)nc2ccccc12)c1ccccn1. The van der Waals surface area contributed by atoms with Gasteiger partial charge in [-0.2, -0.15) is 5.10 Å². The van der Waals surface area contributed by atoms with E-state index in [0.717, 1.165) is 5.56 Å². The van der Waals surface area contributed by atoms with Crippen LogP contribution in [0.1, 0.15) is 23.0 Å². The molecule has 0 fully saturated rings. The number of nitrogens with zero attached hydrogens (tertiary/aromatic N) is 3. The Balaban J connectivity index is 1.72. The number of amides is 1. The van der Waals surface area contributed by atoms with Crippen LogP contribution in [0, 0.1) is 5.82 Å². The molecule has 2 aromatic carbocycles. The Morgan fingerprint density at radius 3 is 2.52 bits per heavy atom. The van der Waals surface area contributed by atoms with Crippen molar-refractivity contribution in [2.45, 2.75) is 6.92 Å². The molecule has 142 valence electrons. The molecule has 2 heterocycles. The molecule has 0 bridgehead atoms. The Morgan fingerprint density at radius 2 is 1.76 bits per heavy atom. The van der Waals surface area contributed by atoms with Crippen molar-refractivity contribution in [1.29, 1.82) is 0 Å². The van der Waals surface area contributed by atoms with E-state index in [-0.39, 0.29) is 11.7 Å². The standard InChI is InChI=1S/C23H17FN4O/c1-15(20-7-4-5-13-25-20)27-28-23(29)19-14-22(16-9-11-17(24)12-10-16)26-21-8-3-2-6-18(19)21/h2-14H,1H3,(H,28,29)/b27-15-. The van der Waals surface area contributed by atoms with E-state index in [1.54, 1.807) is 31.3 Å². The van der Waals surface area contributed by atoms with Gasteiger partial charge in [0.2, 0.25) is 0 Å². The summed E-state index contributed by atoms with van der Waals surface area (Å²) < 4.78 is 13.3. The predicted octanol–water partition coefficient (Wildman–Crippen LogP) is 4.59. The summed E-state index contributed by atoms with van der Waals surface area (Å²) in [6, 6.07) is 20.6. The van der Waals surface area contributed by atoms with E-state index >= 15 is 0 Å². The van der Waals surface area contributed by atoms with Gasteiger partial charge in [-0.15, -0.1) is 0 Å². The number of hydrazone groups is 1. The van der Waals surface area contributed by atoms with Gasteiger partial charge in [0.15, 0.2) is 0 Å². The number of carbonyl (C=O) groups excluding carboxylic acids is 1. The van der Waals surface area contributed by atoms with Gasteiger partial charge in [0.1, 0.15) is 5.82 Å². The average molecular weight is 384 g/mol. The van der Waals surface area contributed by atoms with Crippen molar-refractivity contribution in [3.63, 3.8) is 0 Å². The van der Waals surface area contributed by atoms with Crippen molar-refractivity contribution in [2.24, 2.45) is 5.10 Å². The maximum Gasteiger partial charge on any atom is 0.272 e. The van der Waals surface area contributed by atoms with Crippen molar-refractivity contribution >= 4 is 22.5 Å². The number of pyridine rings is 2. The third-order valence-electron chi connectivity index (χ3n) is 4.46. The van der Waals surface area contributed by atoms with E-state index in [2.05, 4.69) is 20.5 Å². The fourth-order valence-corrected chi connectivity index (χ4v) is 2.96. The Hall–Kier alpha value is -3.93. The second-order valence-corrected chi connectivity index (χ2v) is 6.43. The van der Waals surface area contributed by atoms with Crippen LogP contribution in [-0.4, -0.2) is 21.6 Å². The predicted molar refractivity (Wildman–Crippen MR) is 111 cm³/mol. The number of benzene rings is 2. The molecule has 2 aromatic heterocycles. The van der Waals surface area contributed by atoms with Gasteiger partial charge in [0, 0.05) is 17.1 Å². The van der Waals surface area contributed by atoms with Crippen LogP contribution in [-0.2, 0) is 0 Å². The van der Waals surface area contributed by atoms with Crippen molar-refractivity contribution in [3.8, 4) is 11.3 Å². The fourth-order valence-electron chi connectivity index (χ4n) is 2.96. The van der Waals surface area contributed by atoms with Crippen LogP contribution in [0.2, 0.25) is 0 Å². The molecule has 1 amide bonds. The summed E-state index contributed by atoms with van der Waals surface area (Å²) in [5, 5.41) is 4.89. The first kappa shape index (κ1) is 18.4. The minimum atomic E-state index is -0.359. The molecule has 0 aliphatic heterocycles. The monoisotopic (exact) mass is 384 g/mol. The zero-order valence-electron chi connectivity index (χ0n) is 15.6. The van der Waals surface area contributed by atoms with E-state index in [1.807, 2.05) is 42.5 Å². The molecule has 0 unspecified atom stereocenters.